The van der Waals surface area contributed by atoms with Crippen LogP contribution in [0.5, 0.6) is 5.75 Å². The number of imidazole rings is 1. The molecule has 0 saturated carbocycles. The Morgan fingerprint density at radius 2 is 2.03 bits per heavy atom. The molecule has 8 heteroatoms. The third-order valence-electron chi connectivity index (χ3n) is 5.01. The predicted molar refractivity (Wildman–Crippen MR) is 119 cm³/mol. The lowest BCUT2D eigenvalue weighted by Crippen LogP contribution is -2.47. The molecule has 0 unspecified atom stereocenters. The number of ether oxygens (including phenoxy) is 3. The van der Waals surface area contributed by atoms with Gasteiger partial charge in [0.2, 0.25) is 5.76 Å². The SMILES string of the molecule is CCc1nccn1Cc1cc(C#Cc2ccc(OCCOCCNC3COC3)cc2)on1. The predicted octanol–water partition coefficient (Wildman–Crippen LogP) is 2.27. The van der Waals surface area contributed by atoms with Crippen molar-refractivity contribution in [1.82, 2.24) is 20.0 Å². The molecule has 32 heavy (non-hydrogen) atoms. The van der Waals surface area contributed by atoms with Gasteiger partial charge in [-0.15, -0.1) is 0 Å². The molecule has 0 amide bonds. The van der Waals surface area contributed by atoms with Gasteiger partial charge in [-0.1, -0.05) is 18.0 Å². The van der Waals surface area contributed by atoms with Crippen molar-refractivity contribution in [3.05, 3.63) is 65.6 Å². The Hall–Kier alpha value is -3.12. The maximum Gasteiger partial charge on any atom is 0.210 e. The highest BCUT2D eigenvalue weighted by Gasteiger charge is 2.16. The van der Waals surface area contributed by atoms with Crippen LogP contribution in [0.15, 0.2) is 47.2 Å². The second-order valence-electron chi connectivity index (χ2n) is 7.43. The fraction of sp³-hybridized carbons (Fsp3) is 0.417. The molecule has 0 radical (unpaired) electrons. The summed E-state index contributed by atoms with van der Waals surface area (Å²) in [5.74, 6) is 8.46. The van der Waals surface area contributed by atoms with E-state index in [0.717, 1.165) is 49.0 Å². The van der Waals surface area contributed by atoms with Crippen molar-refractivity contribution < 1.29 is 18.7 Å². The first-order valence-corrected chi connectivity index (χ1v) is 10.9. The molecule has 1 fully saturated rings. The number of rotatable bonds is 11. The highest BCUT2D eigenvalue weighted by Crippen LogP contribution is 2.12. The van der Waals surface area contributed by atoms with Gasteiger partial charge in [-0.25, -0.2) is 4.98 Å². The molecule has 3 aromatic rings. The van der Waals surface area contributed by atoms with Crippen LogP contribution in [0.25, 0.3) is 0 Å². The number of aryl methyl sites for hydroxylation is 1. The van der Waals surface area contributed by atoms with Gasteiger partial charge in [0.05, 0.1) is 39.0 Å². The molecule has 1 aliphatic heterocycles. The molecule has 0 atom stereocenters. The van der Waals surface area contributed by atoms with E-state index in [9.17, 15) is 0 Å². The van der Waals surface area contributed by atoms with Crippen molar-refractivity contribution in [3.63, 3.8) is 0 Å². The third-order valence-corrected chi connectivity index (χ3v) is 5.01. The van der Waals surface area contributed by atoms with E-state index < -0.39 is 0 Å². The maximum absolute atomic E-state index is 5.71. The van der Waals surface area contributed by atoms with Gasteiger partial charge in [-0.05, 0) is 30.2 Å². The number of hydrogen-bond acceptors (Lipinski definition) is 7. The largest absolute Gasteiger partial charge is 0.491 e. The number of nitrogens with one attached hydrogen (secondary N) is 1. The topological polar surface area (TPSA) is 83.6 Å². The third kappa shape index (κ3) is 6.44. The van der Waals surface area contributed by atoms with Gasteiger partial charge in [0, 0.05) is 37.0 Å². The average Bonchev–Trinajstić information content (AvgIpc) is 3.43. The minimum absolute atomic E-state index is 0.485. The van der Waals surface area contributed by atoms with Gasteiger partial charge in [0.15, 0.2) is 0 Å². The molecule has 1 aliphatic rings. The smallest absolute Gasteiger partial charge is 0.210 e. The molecule has 1 saturated heterocycles. The Bertz CT molecular complexity index is 1030. The van der Waals surface area contributed by atoms with Crippen molar-refractivity contribution in [1.29, 1.82) is 0 Å². The summed E-state index contributed by atoms with van der Waals surface area (Å²) < 4.78 is 23.8. The molecule has 8 nitrogen and oxygen atoms in total. The second kappa shape index (κ2) is 11.5. The Morgan fingerprint density at radius 1 is 1.16 bits per heavy atom. The van der Waals surface area contributed by atoms with Crippen molar-refractivity contribution in [2.24, 2.45) is 0 Å². The zero-order chi connectivity index (χ0) is 22.0. The number of nitrogens with zero attached hydrogens (tertiary/aromatic N) is 3. The van der Waals surface area contributed by atoms with E-state index in [-0.39, 0.29) is 0 Å². The van der Waals surface area contributed by atoms with Crippen LogP contribution in [-0.2, 0) is 22.4 Å². The molecule has 1 N–H and O–H groups in total. The Labute approximate surface area is 187 Å². The highest BCUT2D eigenvalue weighted by atomic mass is 16.5. The van der Waals surface area contributed by atoms with Crippen LogP contribution >= 0.6 is 0 Å². The first-order valence-electron chi connectivity index (χ1n) is 10.9. The summed E-state index contributed by atoms with van der Waals surface area (Å²) in [5.41, 5.74) is 1.70. The Kier molecular flexibility index (Phi) is 7.93. The lowest BCUT2D eigenvalue weighted by molar-refractivity contribution is -0.00866. The molecule has 4 rings (SSSR count). The summed E-state index contributed by atoms with van der Waals surface area (Å²) in [6, 6.07) is 9.99. The normalized spacial score (nSPS) is 13.4. The van der Waals surface area contributed by atoms with Crippen LogP contribution in [0, 0.1) is 11.8 Å². The van der Waals surface area contributed by atoms with Gasteiger partial charge < -0.3 is 28.6 Å². The average molecular weight is 437 g/mol. The zero-order valence-electron chi connectivity index (χ0n) is 18.3. The van der Waals surface area contributed by atoms with Crippen LogP contribution in [0.2, 0.25) is 0 Å². The van der Waals surface area contributed by atoms with Crippen molar-refractivity contribution >= 4 is 0 Å². The number of hydrogen-bond donors (Lipinski definition) is 1. The van der Waals surface area contributed by atoms with Crippen molar-refractivity contribution in [3.8, 4) is 17.6 Å². The van der Waals surface area contributed by atoms with Crippen LogP contribution in [0.4, 0.5) is 0 Å². The molecule has 0 spiro atoms. The zero-order valence-corrected chi connectivity index (χ0v) is 18.3. The molecular weight excluding hydrogens is 408 g/mol. The van der Waals surface area contributed by atoms with E-state index >= 15 is 0 Å². The summed E-state index contributed by atoms with van der Waals surface area (Å²) in [6.45, 7) is 6.86. The van der Waals surface area contributed by atoms with E-state index in [1.807, 2.05) is 36.5 Å². The van der Waals surface area contributed by atoms with E-state index in [4.69, 9.17) is 18.7 Å². The summed E-state index contributed by atoms with van der Waals surface area (Å²) in [6.07, 6.45) is 4.61. The number of aromatic nitrogens is 3. The maximum atomic E-state index is 5.71. The van der Waals surface area contributed by atoms with E-state index in [2.05, 4.69) is 38.8 Å². The van der Waals surface area contributed by atoms with Gasteiger partial charge in [-0.2, -0.15) is 0 Å². The van der Waals surface area contributed by atoms with Crippen LogP contribution in [0.3, 0.4) is 0 Å². The summed E-state index contributed by atoms with van der Waals surface area (Å²) in [5, 5.41) is 7.46. The summed E-state index contributed by atoms with van der Waals surface area (Å²) in [7, 11) is 0. The quantitative estimate of drug-likeness (QED) is 0.365. The van der Waals surface area contributed by atoms with Crippen molar-refractivity contribution in [2.75, 3.05) is 39.6 Å². The highest BCUT2D eigenvalue weighted by molar-refractivity contribution is 5.41. The fourth-order valence-electron chi connectivity index (χ4n) is 3.20. The first kappa shape index (κ1) is 22.1. The lowest BCUT2D eigenvalue weighted by Gasteiger charge is -2.26. The Morgan fingerprint density at radius 3 is 2.81 bits per heavy atom. The standard InChI is InChI=1S/C24H28N4O4/c1-2-24-26-9-11-28(24)16-20-15-23(32-27-20)8-5-19-3-6-22(7-4-19)31-14-13-29-12-10-25-21-17-30-18-21/h3-4,6-7,9,11,15,21,25H,2,10,12-14,16-18H2,1H3. The number of benzene rings is 1. The Balaban J connectivity index is 1.17. The lowest BCUT2D eigenvalue weighted by atomic mass is 10.2. The molecule has 168 valence electrons. The van der Waals surface area contributed by atoms with Crippen LogP contribution in [-0.4, -0.2) is 60.3 Å². The molecular formula is C24H28N4O4. The summed E-state index contributed by atoms with van der Waals surface area (Å²) >= 11 is 0. The summed E-state index contributed by atoms with van der Waals surface area (Å²) in [4.78, 5) is 4.32. The van der Waals surface area contributed by atoms with Crippen LogP contribution in [0.1, 0.15) is 29.8 Å². The first-order chi connectivity index (χ1) is 15.8. The molecule has 2 aromatic heterocycles. The van der Waals surface area contributed by atoms with Crippen LogP contribution < -0.4 is 10.1 Å². The molecule has 0 bridgehead atoms. The van der Waals surface area contributed by atoms with Gasteiger partial charge in [0.25, 0.3) is 0 Å². The molecule has 1 aromatic carbocycles. The molecule has 0 aliphatic carbocycles. The van der Waals surface area contributed by atoms with E-state index in [1.54, 1.807) is 6.20 Å². The van der Waals surface area contributed by atoms with Gasteiger partial charge in [0.1, 0.15) is 23.9 Å². The van der Waals surface area contributed by atoms with E-state index in [0.29, 0.717) is 38.2 Å². The monoisotopic (exact) mass is 436 g/mol. The minimum atomic E-state index is 0.485. The van der Waals surface area contributed by atoms with E-state index in [1.165, 1.54) is 0 Å². The fourth-order valence-corrected chi connectivity index (χ4v) is 3.20. The van der Waals surface area contributed by atoms with Gasteiger partial charge in [-0.3, -0.25) is 0 Å². The molecule has 3 heterocycles. The van der Waals surface area contributed by atoms with Gasteiger partial charge >= 0.3 is 0 Å². The minimum Gasteiger partial charge on any atom is -0.491 e. The second-order valence-corrected chi connectivity index (χ2v) is 7.43. The van der Waals surface area contributed by atoms with Crippen molar-refractivity contribution in [2.45, 2.75) is 25.9 Å².